The van der Waals surface area contributed by atoms with E-state index in [1.807, 2.05) is 0 Å². The van der Waals surface area contributed by atoms with Crippen molar-refractivity contribution in [2.24, 2.45) is 4.99 Å². The molecule has 0 saturated heterocycles. The summed E-state index contributed by atoms with van der Waals surface area (Å²) < 4.78 is 0. The van der Waals surface area contributed by atoms with Crippen LogP contribution in [0, 0.1) is 0 Å². The van der Waals surface area contributed by atoms with E-state index in [4.69, 9.17) is 10.8 Å². The number of nitrogens with two attached hydrogens (primary N) is 1. The van der Waals surface area contributed by atoms with Crippen molar-refractivity contribution in [2.75, 3.05) is 12.3 Å². The smallest absolute Gasteiger partial charge is 0.220 e. The summed E-state index contributed by atoms with van der Waals surface area (Å²) in [7, 11) is 0. The van der Waals surface area contributed by atoms with Crippen LogP contribution in [0.5, 0.6) is 0 Å². The van der Waals surface area contributed by atoms with Gasteiger partial charge in [-0.3, -0.25) is 9.79 Å². The van der Waals surface area contributed by atoms with Crippen molar-refractivity contribution in [3.63, 3.8) is 0 Å². The Labute approximate surface area is 117 Å². The lowest BCUT2D eigenvalue weighted by Crippen LogP contribution is -2.24. The van der Waals surface area contributed by atoms with Crippen LogP contribution in [0.3, 0.4) is 0 Å². The number of carbonyl (C=O) groups excluding carboxylic acids is 1. The van der Waals surface area contributed by atoms with Gasteiger partial charge in [0.05, 0.1) is 12.0 Å². The molecule has 0 bridgehead atoms. The van der Waals surface area contributed by atoms with Gasteiger partial charge in [-0.2, -0.15) is 0 Å². The van der Waals surface area contributed by atoms with Gasteiger partial charge in [-0.15, -0.1) is 0 Å². The molecule has 0 aromatic carbocycles. The first-order valence-corrected chi connectivity index (χ1v) is 6.31. The molecule has 1 aromatic heterocycles. The van der Waals surface area contributed by atoms with Crippen LogP contribution < -0.4 is 11.1 Å². The molecule has 0 fully saturated rings. The highest BCUT2D eigenvalue weighted by atomic mass is 16.3. The number of aliphatic imine (C=N–C) groups is 1. The summed E-state index contributed by atoms with van der Waals surface area (Å²) in [5, 5.41) is 11.6. The zero-order valence-electron chi connectivity index (χ0n) is 11.2. The average Bonchev–Trinajstić information content (AvgIpc) is 2.40. The molecule has 0 saturated carbocycles. The lowest BCUT2D eigenvalue weighted by atomic mass is 10.2. The Morgan fingerprint density at radius 3 is 3.05 bits per heavy atom. The number of nitrogens with zero attached hydrogens (tertiary/aromatic N) is 3. The molecule has 1 amide bonds. The maximum Gasteiger partial charge on any atom is 0.220 e. The zero-order chi connectivity index (χ0) is 14.8. The highest BCUT2D eigenvalue weighted by molar-refractivity contribution is 5.76. The number of anilines is 1. The number of aromatic nitrogens is 2. The van der Waals surface area contributed by atoms with Gasteiger partial charge in [-0.05, 0) is 6.42 Å². The van der Waals surface area contributed by atoms with Crippen molar-refractivity contribution in [3.8, 4) is 0 Å². The molecule has 0 aliphatic rings. The molecule has 108 valence electrons. The second-order valence-electron chi connectivity index (χ2n) is 4.16. The highest BCUT2D eigenvalue weighted by Gasteiger charge is 2.00. The molecule has 1 rings (SSSR count). The predicted octanol–water partition coefficient (Wildman–Crippen LogP) is 1.51. The van der Waals surface area contributed by atoms with Crippen LogP contribution >= 0.6 is 0 Å². The maximum absolute atomic E-state index is 11.4. The summed E-state index contributed by atoms with van der Waals surface area (Å²) in [5.74, 6) is 0.374. The molecule has 0 spiro atoms. The van der Waals surface area contributed by atoms with E-state index >= 15 is 0 Å². The summed E-state index contributed by atoms with van der Waals surface area (Å²) >= 11 is 0. The van der Waals surface area contributed by atoms with Gasteiger partial charge in [-0.1, -0.05) is 6.58 Å². The molecular formula is C13H19N5O2. The second kappa shape index (κ2) is 8.63. The summed E-state index contributed by atoms with van der Waals surface area (Å²) in [4.78, 5) is 23.2. The van der Waals surface area contributed by atoms with Crippen molar-refractivity contribution in [3.05, 3.63) is 24.9 Å². The van der Waals surface area contributed by atoms with Crippen LogP contribution in [0.15, 0.2) is 29.9 Å². The van der Waals surface area contributed by atoms with Crippen LogP contribution in [0.1, 0.15) is 25.7 Å². The molecule has 0 radical (unpaired) electrons. The Balaban J connectivity index is 2.17. The molecule has 7 heteroatoms. The lowest BCUT2D eigenvalue weighted by molar-refractivity contribution is -0.121. The van der Waals surface area contributed by atoms with E-state index in [0.29, 0.717) is 43.7 Å². The number of carbonyl (C=O) groups is 1. The van der Waals surface area contributed by atoms with E-state index in [1.165, 1.54) is 12.5 Å². The minimum Gasteiger partial charge on any atom is -0.513 e. The Morgan fingerprint density at radius 1 is 1.55 bits per heavy atom. The first-order chi connectivity index (χ1) is 9.59. The fraction of sp³-hybridized carbons (Fsp3) is 0.385. The Kier molecular flexibility index (Phi) is 6.74. The highest BCUT2D eigenvalue weighted by Crippen LogP contribution is 2.15. The van der Waals surface area contributed by atoms with E-state index in [9.17, 15) is 4.79 Å². The van der Waals surface area contributed by atoms with Gasteiger partial charge in [0.15, 0.2) is 5.82 Å². The van der Waals surface area contributed by atoms with Gasteiger partial charge in [0.2, 0.25) is 5.91 Å². The second-order valence-corrected chi connectivity index (χ2v) is 4.16. The number of allylic oxidation sites excluding steroid dienone is 1. The van der Waals surface area contributed by atoms with E-state index in [2.05, 4.69) is 26.9 Å². The van der Waals surface area contributed by atoms with Gasteiger partial charge in [-0.25, -0.2) is 9.97 Å². The number of nitrogens with one attached hydrogen (secondary N) is 1. The molecule has 0 aliphatic carbocycles. The van der Waals surface area contributed by atoms with Crippen LogP contribution in [-0.4, -0.2) is 33.7 Å². The van der Waals surface area contributed by atoms with E-state index < -0.39 is 0 Å². The van der Waals surface area contributed by atoms with Gasteiger partial charge in [0, 0.05) is 32.0 Å². The summed E-state index contributed by atoms with van der Waals surface area (Å²) in [5.41, 5.74) is 6.11. The summed E-state index contributed by atoms with van der Waals surface area (Å²) in [6.45, 7) is 3.86. The van der Waals surface area contributed by atoms with Gasteiger partial charge in [0.1, 0.15) is 12.0 Å². The third-order valence-electron chi connectivity index (χ3n) is 2.42. The van der Waals surface area contributed by atoms with Crippen LogP contribution in [0.25, 0.3) is 0 Å². The largest absolute Gasteiger partial charge is 0.513 e. The molecule has 0 atom stereocenters. The monoisotopic (exact) mass is 277 g/mol. The van der Waals surface area contributed by atoms with Crippen molar-refractivity contribution in [2.45, 2.75) is 25.7 Å². The Bertz CT molecular complexity index is 487. The van der Waals surface area contributed by atoms with Crippen LogP contribution in [0.2, 0.25) is 0 Å². The van der Waals surface area contributed by atoms with Crippen LogP contribution in [-0.2, 0) is 4.79 Å². The SMILES string of the molecule is C=C(O)CCCC(=O)NCCC=Nc1cncnc1N. The third kappa shape index (κ3) is 6.48. The maximum atomic E-state index is 11.4. The number of rotatable bonds is 8. The number of hydrogen-bond donors (Lipinski definition) is 3. The zero-order valence-corrected chi connectivity index (χ0v) is 11.2. The molecule has 0 aliphatic heterocycles. The quantitative estimate of drug-likeness (QED) is 0.378. The Morgan fingerprint density at radius 2 is 2.35 bits per heavy atom. The van der Waals surface area contributed by atoms with Gasteiger partial charge < -0.3 is 16.2 Å². The van der Waals surface area contributed by atoms with Crippen LogP contribution in [0.4, 0.5) is 11.5 Å². The van der Waals surface area contributed by atoms with E-state index in [0.717, 1.165) is 0 Å². The van der Waals surface area contributed by atoms with E-state index in [1.54, 1.807) is 6.21 Å². The first-order valence-electron chi connectivity index (χ1n) is 6.31. The predicted molar refractivity (Wildman–Crippen MR) is 77.8 cm³/mol. The number of aliphatic hydroxyl groups excluding tert-OH is 1. The molecule has 1 aromatic rings. The van der Waals surface area contributed by atoms with Crippen molar-refractivity contribution in [1.29, 1.82) is 0 Å². The molecular weight excluding hydrogens is 258 g/mol. The number of nitrogen functional groups attached to an aromatic ring is 1. The topological polar surface area (TPSA) is 113 Å². The normalized spacial score (nSPS) is 10.6. The molecule has 20 heavy (non-hydrogen) atoms. The van der Waals surface area contributed by atoms with Crippen molar-refractivity contribution >= 4 is 23.6 Å². The molecule has 0 unspecified atom stereocenters. The van der Waals surface area contributed by atoms with Gasteiger partial charge in [0.25, 0.3) is 0 Å². The van der Waals surface area contributed by atoms with Gasteiger partial charge >= 0.3 is 0 Å². The van der Waals surface area contributed by atoms with E-state index in [-0.39, 0.29) is 11.7 Å². The van der Waals surface area contributed by atoms with Crippen molar-refractivity contribution < 1.29 is 9.90 Å². The molecule has 1 heterocycles. The fourth-order valence-electron chi connectivity index (χ4n) is 1.41. The summed E-state index contributed by atoms with van der Waals surface area (Å²) in [6.07, 6.45) is 6.54. The number of amides is 1. The first kappa shape index (κ1) is 15.6. The molecule has 4 N–H and O–H groups in total. The summed E-state index contributed by atoms with van der Waals surface area (Å²) in [6, 6.07) is 0. The standard InChI is InChI=1S/C13H19N5O2/c1-10(19)4-2-5-12(20)17-7-3-6-16-11-8-15-9-18-13(11)14/h6,8-9,19H,1-5,7H2,(H,17,20)(H2,14,15,18). The Hall–Kier alpha value is -2.44. The fourth-order valence-corrected chi connectivity index (χ4v) is 1.41. The number of aliphatic hydroxyl groups is 1. The third-order valence-corrected chi connectivity index (χ3v) is 2.42. The number of hydrogen-bond acceptors (Lipinski definition) is 6. The van der Waals surface area contributed by atoms with Crippen molar-refractivity contribution in [1.82, 2.24) is 15.3 Å². The molecule has 7 nitrogen and oxygen atoms in total. The minimum absolute atomic E-state index is 0.0535. The average molecular weight is 277 g/mol. The lowest BCUT2D eigenvalue weighted by Gasteiger charge is -2.02. The minimum atomic E-state index is -0.0535.